The number of primary amides is 1. The predicted octanol–water partition coefficient (Wildman–Crippen LogP) is 2.44. The first-order valence-electron chi connectivity index (χ1n) is 11.8. The second-order valence-corrected chi connectivity index (χ2v) is 10.2. The van der Waals surface area contributed by atoms with Crippen LogP contribution in [-0.2, 0) is 11.8 Å². The number of aryl methyl sites for hydroxylation is 1. The zero-order valence-corrected chi connectivity index (χ0v) is 20.2. The van der Waals surface area contributed by atoms with Crippen LogP contribution in [0.1, 0.15) is 44.0 Å². The molecule has 2 amide bonds. The smallest absolute Gasteiger partial charge is 0.410 e. The number of piperazine rings is 1. The molecule has 3 heterocycles. The average molecular weight is 457 g/mol. The minimum absolute atomic E-state index is 0.211. The van der Waals surface area contributed by atoms with Gasteiger partial charge in [0.15, 0.2) is 5.82 Å². The maximum absolute atomic E-state index is 12.3. The summed E-state index contributed by atoms with van der Waals surface area (Å²) in [5.41, 5.74) is 6.54. The number of hydrogen-bond acceptors (Lipinski definition) is 6. The molecule has 0 saturated carbocycles. The summed E-state index contributed by atoms with van der Waals surface area (Å²) >= 11 is 0. The van der Waals surface area contributed by atoms with E-state index in [0.29, 0.717) is 11.5 Å². The number of rotatable bonds is 4. The molecule has 0 aliphatic carbocycles. The molecule has 1 aromatic heterocycles. The third-order valence-electron chi connectivity index (χ3n) is 6.57. The Morgan fingerprint density at radius 2 is 1.76 bits per heavy atom. The zero-order valence-electron chi connectivity index (χ0n) is 20.2. The maximum atomic E-state index is 12.3. The molecule has 0 unspecified atom stereocenters. The summed E-state index contributed by atoms with van der Waals surface area (Å²) in [7, 11) is 1.93. The summed E-state index contributed by atoms with van der Waals surface area (Å²) in [4.78, 5) is 30.5. The molecule has 2 aliphatic rings. The van der Waals surface area contributed by atoms with Crippen LogP contribution in [0.4, 0.5) is 10.6 Å². The standard InChI is InChI=1S/C24H36N6O3/c1-24(2,3)33-23(32)30-13-11-28(12-14-30)16-17-7-9-29(10-8-17)22-19-15-18(21(25)31)5-6-20(19)27(4)26-22/h5-6,15,17H,7-14,16H2,1-4H3,(H2,25,31). The van der Waals surface area contributed by atoms with E-state index in [9.17, 15) is 9.59 Å². The third-order valence-corrected chi connectivity index (χ3v) is 6.57. The van der Waals surface area contributed by atoms with Gasteiger partial charge in [0.25, 0.3) is 0 Å². The molecule has 180 valence electrons. The molecule has 4 rings (SSSR count). The van der Waals surface area contributed by atoms with Crippen LogP contribution in [0.25, 0.3) is 10.9 Å². The molecule has 0 spiro atoms. The minimum Gasteiger partial charge on any atom is -0.444 e. The lowest BCUT2D eigenvalue weighted by Gasteiger charge is -2.39. The normalized spacial score (nSPS) is 18.7. The Bertz CT molecular complexity index is 1010. The van der Waals surface area contributed by atoms with Crippen LogP contribution in [0.5, 0.6) is 0 Å². The zero-order chi connectivity index (χ0) is 23.8. The van der Waals surface area contributed by atoms with Gasteiger partial charge in [0.1, 0.15) is 5.60 Å². The Labute approximate surface area is 195 Å². The van der Waals surface area contributed by atoms with Gasteiger partial charge >= 0.3 is 6.09 Å². The van der Waals surface area contributed by atoms with Crippen molar-refractivity contribution in [2.75, 3.05) is 50.7 Å². The van der Waals surface area contributed by atoms with E-state index >= 15 is 0 Å². The first-order valence-corrected chi connectivity index (χ1v) is 11.8. The number of fused-ring (bicyclic) bond motifs is 1. The van der Waals surface area contributed by atoms with E-state index in [-0.39, 0.29) is 6.09 Å². The molecule has 2 aromatic rings. The second-order valence-electron chi connectivity index (χ2n) is 10.2. The number of ether oxygens (including phenoxy) is 1. The molecule has 2 aliphatic heterocycles. The number of hydrogen-bond donors (Lipinski definition) is 1. The molecular formula is C24H36N6O3. The van der Waals surface area contributed by atoms with Crippen LogP contribution < -0.4 is 10.6 Å². The highest BCUT2D eigenvalue weighted by molar-refractivity contribution is 6.00. The van der Waals surface area contributed by atoms with Crippen molar-refractivity contribution in [2.45, 2.75) is 39.2 Å². The van der Waals surface area contributed by atoms with Gasteiger partial charge in [0.2, 0.25) is 5.91 Å². The number of piperidine rings is 1. The first kappa shape index (κ1) is 23.4. The van der Waals surface area contributed by atoms with E-state index in [4.69, 9.17) is 15.6 Å². The van der Waals surface area contributed by atoms with Crippen molar-refractivity contribution in [3.8, 4) is 0 Å². The van der Waals surface area contributed by atoms with Crippen LogP contribution in [0, 0.1) is 5.92 Å². The Kier molecular flexibility index (Phi) is 6.52. The van der Waals surface area contributed by atoms with Gasteiger partial charge < -0.3 is 20.3 Å². The van der Waals surface area contributed by atoms with Gasteiger partial charge in [-0.15, -0.1) is 0 Å². The summed E-state index contributed by atoms with van der Waals surface area (Å²) in [6.07, 6.45) is 1.98. The lowest BCUT2D eigenvalue weighted by atomic mass is 9.95. The van der Waals surface area contributed by atoms with E-state index < -0.39 is 11.5 Å². The largest absolute Gasteiger partial charge is 0.444 e. The SMILES string of the molecule is Cn1nc(N2CCC(CN3CCN(C(=O)OC(C)(C)C)CC3)CC2)c2cc(C(N)=O)ccc21. The van der Waals surface area contributed by atoms with Crippen LogP contribution >= 0.6 is 0 Å². The summed E-state index contributed by atoms with van der Waals surface area (Å²) in [6.45, 7) is 11.9. The summed E-state index contributed by atoms with van der Waals surface area (Å²) in [6, 6.07) is 5.52. The molecule has 2 N–H and O–H groups in total. The first-order chi connectivity index (χ1) is 15.6. The van der Waals surface area contributed by atoms with E-state index in [2.05, 4.69) is 9.80 Å². The Morgan fingerprint density at radius 1 is 1.09 bits per heavy atom. The lowest BCUT2D eigenvalue weighted by Crippen LogP contribution is -2.51. The number of carbonyl (C=O) groups excluding carboxylic acids is 2. The second kappa shape index (κ2) is 9.21. The Morgan fingerprint density at radius 3 is 2.36 bits per heavy atom. The van der Waals surface area contributed by atoms with Crippen molar-refractivity contribution in [2.24, 2.45) is 18.7 Å². The fourth-order valence-corrected chi connectivity index (χ4v) is 4.77. The van der Waals surface area contributed by atoms with E-state index in [1.54, 1.807) is 6.07 Å². The van der Waals surface area contributed by atoms with Crippen LogP contribution in [0.15, 0.2) is 18.2 Å². The number of benzene rings is 1. The Hall–Kier alpha value is -2.81. The van der Waals surface area contributed by atoms with Gasteiger partial charge in [0.05, 0.1) is 5.52 Å². The lowest BCUT2D eigenvalue weighted by molar-refractivity contribution is 0.0130. The predicted molar refractivity (Wildman–Crippen MR) is 128 cm³/mol. The van der Waals surface area contributed by atoms with E-state index in [1.165, 1.54) is 0 Å². The number of carbonyl (C=O) groups is 2. The van der Waals surface area contributed by atoms with E-state index in [1.807, 2.05) is 49.5 Å². The highest BCUT2D eigenvalue weighted by atomic mass is 16.6. The molecule has 0 bridgehead atoms. The maximum Gasteiger partial charge on any atom is 0.410 e. The molecule has 0 radical (unpaired) electrons. The number of nitrogens with zero attached hydrogens (tertiary/aromatic N) is 5. The molecule has 2 saturated heterocycles. The van der Waals surface area contributed by atoms with Gasteiger partial charge in [-0.05, 0) is 57.7 Å². The molecule has 33 heavy (non-hydrogen) atoms. The topological polar surface area (TPSA) is 96.9 Å². The van der Waals surface area contributed by atoms with Gasteiger partial charge in [-0.3, -0.25) is 14.4 Å². The van der Waals surface area contributed by atoms with E-state index in [0.717, 1.165) is 75.4 Å². The van der Waals surface area contributed by atoms with Crippen molar-refractivity contribution >= 4 is 28.7 Å². The number of nitrogens with two attached hydrogens (primary N) is 1. The fraction of sp³-hybridized carbons (Fsp3) is 0.625. The molecular weight excluding hydrogens is 420 g/mol. The molecule has 1 aromatic carbocycles. The Balaban J connectivity index is 1.30. The highest BCUT2D eigenvalue weighted by Gasteiger charge is 2.29. The quantitative estimate of drug-likeness (QED) is 0.759. The number of amides is 2. The van der Waals surface area contributed by atoms with Crippen LogP contribution in [0.3, 0.4) is 0 Å². The fourth-order valence-electron chi connectivity index (χ4n) is 4.77. The highest BCUT2D eigenvalue weighted by Crippen LogP contribution is 2.30. The van der Waals surface area contributed by atoms with Gasteiger partial charge in [-0.1, -0.05) is 0 Å². The number of anilines is 1. The third kappa shape index (κ3) is 5.40. The summed E-state index contributed by atoms with van der Waals surface area (Å²) < 4.78 is 7.37. The van der Waals surface area contributed by atoms with Crippen molar-refractivity contribution in [1.82, 2.24) is 19.6 Å². The van der Waals surface area contributed by atoms with Crippen LogP contribution in [0.2, 0.25) is 0 Å². The average Bonchev–Trinajstić information content (AvgIpc) is 3.09. The summed E-state index contributed by atoms with van der Waals surface area (Å²) in [5, 5.41) is 5.71. The van der Waals surface area contributed by atoms with Crippen LogP contribution in [-0.4, -0.2) is 83.0 Å². The number of aromatic nitrogens is 2. The molecule has 9 heteroatoms. The molecule has 9 nitrogen and oxygen atoms in total. The molecule has 0 atom stereocenters. The van der Waals surface area contributed by atoms with Gasteiger partial charge in [-0.2, -0.15) is 5.10 Å². The van der Waals surface area contributed by atoms with Crippen molar-refractivity contribution in [3.05, 3.63) is 23.8 Å². The molecule has 2 fully saturated rings. The van der Waals surface area contributed by atoms with Crippen molar-refractivity contribution in [3.63, 3.8) is 0 Å². The van der Waals surface area contributed by atoms with Crippen molar-refractivity contribution in [1.29, 1.82) is 0 Å². The van der Waals surface area contributed by atoms with Gasteiger partial charge in [0, 0.05) is 63.8 Å². The summed E-state index contributed by atoms with van der Waals surface area (Å²) in [5.74, 6) is 1.14. The van der Waals surface area contributed by atoms with Gasteiger partial charge in [-0.25, -0.2) is 4.79 Å². The monoisotopic (exact) mass is 456 g/mol. The van der Waals surface area contributed by atoms with Crippen molar-refractivity contribution < 1.29 is 14.3 Å². The minimum atomic E-state index is -0.456.